The minimum Gasteiger partial charge on any atom is -0.493 e. The van der Waals surface area contributed by atoms with Crippen molar-refractivity contribution in [2.75, 3.05) is 13.2 Å². The Balaban J connectivity index is 1.24. The molecule has 3 aromatic carbocycles. The highest BCUT2D eigenvalue weighted by Crippen LogP contribution is 2.24. The van der Waals surface area contributed by atoms with Crippen molar-refractivity contribution in [1.82, 2.24) is 5.32 Å². The smallest absolute Gasteiger partial charge is 0.225 e. The Morgan fingerprint density at radius 3 is 2.20 bits per heavy atom. The standard InChI is InChI=1S/C36H45NO4/c1-27-15-16-28(2)34(26-27)41-25-11-23-36(3,4)35(40)37-24-10-6-9-14-32(38)21-22-33(39)31-19-17-30(18-20-31)29-12-7-5-8-13-29/h5,7-8,12-13,15-20,26H,6,9-11,14,21-25H2,1-4H3,(H,37,40). The lowest BCUT2D eigenvalue weighted by atomic mass is 9.87. The molecule has 1 N–H and O–H groups in total. The van der Waals surface area contributed by atoms with E-state index >= 15 is 0 Å². The predicted molar refractivity (Wildman–Crippen MR) is 166 cm³/mol. The highest BCUT2D eigenvalue weighted by Gasteiger charge is 2.26. The van der Waals surface area contributed by atoms with Crippen LogP contribution in [0.5, 0.6) is 5.75 Å². The molecule has 0 aliphatic heterocycles. The molecule has 5 nitrogen and oxygen atoms in total. The summed E-state index contributed by atoms with van der Waals surface area (Å²) >= 11 is 0. The van der Waals surface area contributed by atoms with Gasteiger partial charge in [-0.3, -0.25) is 14.4 Å². The zero-order valence-corrected chi connectivity index (χ0v) is 25.1. The zero-order chi connectivity index (χ0) is 29.7. The third-order valence-corrected chi connectivity index (χ3v) is 7.52. The van der Waals surface area contributed by atoms with Gasteiger partial charge in [0.2, 0.25) is 5.91 Å². The molecule has 0 saturated carbocycles. The maximum Gasteiger partial charge on any atom is 0.225 e. The second-order valence-corrected chi connectivity index (χ2v) is 11.6. The summed E-state index contributed by atoms with van der Waals surface area (Å²) in [6.07, 6.45) is 5.00. The molecule has 0 heterocycles. The molecule has 5 heteroatoms. The van der Waals surface area contributed by atoms with Gasteiger partial charge in [-0.2, -0.15) is 0 Å². The van der Waals surface area contributed by atoms with Gasteiger partial charge < -0.3 is 10.1 Å². The summed E-state index contributed by atoms with van der Waals surface area (Å²) < 4.78 is 5.93. The molecule has 0 atom stereocenters. The maximum absolute atomic E-state index is 12.7. The third kappa shape index (κ3) is 10.6. The van der Waals surface area contributed by atoms with Gasteiger partial charge >= 0.3 is 0 Å². The van der Waals surface area contributed by atoms with Gasteiger partial charge in [0.25, 0.3) is 0 Å². The second kappa shape index (κ2) is 15.9. The van der Waals surface area contributed by atoms with E-state index in [2.05, 4.69) is 17.4 Å². The van der Waals surface area contributed by atoms with Crippen LogP contribution in [-0.2, 0) is 9.59 Å². The van der Waals surface area contributed by atoms with Gasteiger partial charge in [-0.1, -0.05) is 87.0 Å². The van der Waals surface area contributed by atoms with E-state index in [-0.39, 0.29) is 30.3 Å². The number of hydrogen-bond acceptors (Lipinski definition) is 4. The Kier molecular flexibility index (Phi) is 12.3. The summed E-state index contributed by atoms with van der Waals surface area (Å²) in [7, 11) is 0. The van der Waals surface area contributed by atoms with E-state index in [0.717, 1.165) is 54.5 Å². The van der Waals surface area contributed by atoms with Crippen LogP contribution in [0.4, 0.5) is 0 Å². The van der Waals surface area contributed by atoms with E-state index < -0.39 is 5.41 Å². The fraction of sp³-hybridized carbons (Fsp3) is 0.417. The van der Waals surface area contributed by atoms with Crippen molar-refractivity contribution in [2.45, 2.75) is 79.1 Å². The monoisotopic (exact) mass is 555 g/mol. The van der Waals surface area contributed by atoms with Crippen LogP contribution in [0, 0.1) is 19.3 Å². The Morgan fingerprint density at radius 2 is 1.46 bits per heavy atom. The molecule has 0 unspecified atom stereocenters. The van der Waals surface area contributed by atoms with Crippen molar-refractivity contribution >= 4 is 17.5 Å². The van der Waals surface area contributed by atoms with Crippen LogP contribution < -0.4 is 10.1 Å². The second-order valence-electron chi connectivity index (χ2n) is 11.6. The molecule has 41 heavy (non-hydrogen) atoms. The number of carbonyl (C=O) groups excluding carboxylic acids is 3. The average molecular weight is 556 g/mol. The van der Waals surface area contributed by atoms with E-state index in [0.29, 0.717) is 25.1 Å². The molecular formula is C36H45NO4. The molecule has 0 aliphatic carbocycles. The molecule has 0 aromatic heterocycles. The lowest BCUT2D eigenvalue weighted by molar-refractivity contribution is -0.129. The molecule has 0 radical (unpaired) electrons. The predicted octanol–water partition coefficient (Wildman–Crippen LogP) is 8.06. The Labute approximate surface area is 245 Å². The Hall–Kier alpha value is -3.73. The summed E-state index contributed by atoms with van der Waals surface area (Å²) in [5.41, 5.74) is 4.65. The fourth-order valence-electron chi connectivity index (χ4n) is 4.74. The normalized spacial score (nSPS) is 11.2. The van der Waals surface area contributed by atoms with Crippen molar-refractivity contribution in [1.29, 1.82) is 0 Å². The topological polar surface area (TPSA) is 72.5 Å². The van der Waals surface area contributed by atoms with Gasteiger partial charge in [0.05, 0.1) is 6.61 Å². The highest BCUT2D eigenvalue weighted by atomic mass is 16.5. The van der Waals surface area contributed by atoms with E-state index in [4.69, 9.17) is 4.74 Å². The summed E-state index contributed by atoms with van der Waals surface area (Å²) in [5.74, 6) is 1.08. The average Bonchev–Trinajstić information content (AvgIpc) is 2.97. The molecular weight excluding hydrogens is 510 g/mol. The van der Waals surface area contributed by atoms with E-state index in [9.17, 15) is 14.4 Å². The van der Waals surface area contributed by atoms with Crippen LogP contribution in [0.3, 0.4) is 0 Å². The minimum atomic E-state index is -0.463. The molecule has 0 saturated heterocycles. The van der Waals surface area contributed by atoms with Crippen LogP contribution in [0.25, 0.3) is 11.1 Å². The van der Waals surface area contributed by atoms with Gasteiger partial charge in [0, 0.05) is 36.8 Å². The number of hydrogen-bond donors (Lipinski definition) is 1. The summed E-state index contributed by atoms with van der Waals surface area (Å²) in [6, 6.07) is 23.8. The zero-order valence-electron chi connectivity index (χ0n) is 25.1. The van der Waals surface area contributed by atoms with Crippen molar-refractivity contribution in [3.8, 4) is 16.9 Å². The number of aryl methyl sites for hydroxylation is 2. The number of rotatable bonds is 17. The molecule has 0 aliphatic rings. The number of Topliss-reactive ketones (excluding diaryl/α,β-unsaturated/α-hetero) is 2. The van der Waals surface area contributed by atoms with Crippen LogP contribution in [0.15, 0.2) is 72.8 Å². The Bertz CT molecular complexity index is 1280. The van der Waals surface area contributed by atoms with Crippen molar-refractivity contribution in [3.05, 3.63) is 89.5 Å². The first-order valence-electron chi connectivity index (χ1n) is 14.8. The SMILES string of the molecule is Cc1ccc(C)c(OCCCC(C)(C)C(=O)NCCCCCC(=O)CCC(=O)c2ccc(-c3ccccc3)cc2)c1. The third-order valence-electron chi connectivity index (χ3n) is 7.52. The highest BCUT2D eigenvalue weighted by molar-refractivity contribution is 5.98. The molecule has 1 amide bonds. The number of unbranched alkanes of at least 4 members (excludes halogenated alkanes) is 2. The van der Waals surface area contributed by atoms with Gasteiger partial charge in [-0.05, 0) is 67.9 Å². The fourth-order valence-corrected chi connectivity index (χ4v) is 4.74. The van der Waals surface area contributed by atoms with E-state index in [1.165, 1.54) is 5.56 Å². The van der Waals surface area contributed by atoms with E-state index in [1.807, 2.05) is 88.4 Å². The lowest BCUT2D eigenvalue weighted by Crippen LogP contribution is -2.37. The van der Waals surface area contributed by atoms with E-state index in [1.54, 1.807) is 0 Å². The van der Waals surface area contributed by atoms with Gasteiger partial charge in [-0.15, -0.1) is 0 Å². The number of ketones is 2. The minimum absolute atomic E-state index is 0.000119. The van der Waals surface area contributed by atoms with Crippen molar-refractivity contribution in [2.24, 2.45) is 5.41 Å². The maximum atomic E-state index is 12.7. The van der Waals surface area contributed by atoms with Crippen LogP contribution >= 0.6 is 0 Å². The Morgan fingerprint density at radius 1 is 0.756 bits per heavy atom. The van der Waals surface area contributed by atoms with Crippen molar-refractivity contribution in [3.63, 3.8) is 0 Å². The summed E-state index contributed by atoms with van der Waals surface area (Å²) in [5, 5.41) is 3.05. The van der Waals surface area contributed by atoms with Crippen molar-refractivity contribution < 1.29 is 19.1 Å². The molecule has 3 aromatic rings. The first-order valence-corrected chi connectivity index (χ1v) is 14.8. The molecule has 0 fully saturated rings. The first kappa shape index (κ1) is 31.8. The number of benzene rings is 3. The van der Waals surface area contributed by atoms with Gasteiger partial charge in [0.15, 0.2) is 5.78 Å². The number of carbonyl (C=O) groups is 3. The lowest BCUT2D eigenvalue weighted by Gasteiger charge is -2.23. The van der Waals surface area contributed by atoms with Gasteiger partial charge in [-0.25, -0.2) is 0 Å². The van der Waals surface area contributed by atoms with Crippen LogP contribution in [0.1, 0.15) is 86.7 Å². The molecule has 0 spiro atoms. The van der Waals surface area contributed by atoms with Crippen LogP contribution in [-0.4, -0.2) is 30.6 Å². The molecule has 3 rings (SSSR count). The summed E-state index contributed by atoms with van der Waals surface area (Å²) in [6.45, 7) is 9.22. The molecule has 218 valence electrons. The quantitative estimate of drug-likeness (QED) is 0.135. The molecule has 0 bridgehead atoms. The van der Waals surface area contributed by atoms with Crippen LogP contribution in [0.2, 0.25) is 0 Å². The number of nitrogens with one attached hydrogen (secondary N) is 1. The largest absolute Gasteiger partial charge is 0.493 e. The van der Waals surface area contributed by atoms with Gasteiger partial charge in [0.1, 0.15) is 11.5 Å². The number of amides is 1. The summed E-state index contributed by atoms with van der Waals surface area (Å²) in [4.78, 5) is 37.5. The first-order chi connectivity index (χ1) is 19.7. The number of ether oxygens (including phenoxy) is 1.